The summed E-state index contributed by atoms with van der Waals surface area (Å²) in [6.07, 6.45) is 83.4. The summed E-state index contributed by atoms with van der Waals surface area (Å²) in [5.41, 5.74) is 0. The zero-order valence-electron chi connectivity index (χ0n) is 41.8. The summed E-state index contributed by atoms with van der Waals surface area (Å²) >= 11 is 0. The monoisotopic (exact) mass is 884 g/mol. The van der Waals surface area contributed by atoms with Crippen molar-refractivity contribution in [1.82, 2.24) is 5.32 Å². The molecule has 0 fully saturated rings. The molecule has 0 spiro atoms. The number of allylic oxidation sites excluding steroid dienone is 19. The lowest BCUT2D eigenvalue weighted by molar-refractivity contribution is -0.123. The van der Waals surface area contributed by atoms with E-state index in [4.69, 9.17) is 0 Å². The number of aliphatic hydroxyl groups excluding tert-OH is 2. The lowest BCUT2D eigenvalue weighted by Gasteiger charge is -2.19. The number of carbonyl (C=O) groups is 1. The van der Waals surface area contributed by atoms with Gasteiger partial charge in [-0.15, -0.1) is 0 Å². The van der Waals surface area contributed by atoms with Crippen LogP contribution in [0.1, 0.15) is 232 Å². The van der Waals surface area contributed by atoms with E-state index in [9.17, 15) is 15.0 Å². The maximum atomic E-state index is 12.4. The molecule has 2 unspecified atom stereocenters. The molecule has 364 valence electrons. The first kappa shape index (κ1) is 60.8. The number of rotatable bonds is 47. The maximum absolute atomic E-state index is 12.4. The third kappa shape index (κ3) is 49.8. The first-order valence-corrected chi connectivity index (χ1v) is 26.7. The number of aliphatic hydroxyl groups is 2. The molecule has 64 heavy (non-hydrogen) atoms. The Morgan fingerprint density at radius 2 is 0.703 bits per heavy atom. The first-order valence-electron chi connectivity index (χ1n) is 26.7. The molecule has 0 radical (unpaired) electrons. The average Bonchev–Trinajstić information content (AvgIpc) is 3.30. The third-order valence-corrected chi connectivity index (χ3v) is 11.4. The van der Waals surface area contributed by atoms with E-state index in [2.05, 4.69) is 129 Å². The molecule has 0 aliphatic rings. The molecule has 0 aromatic carbocycles. The van der Waals surface area contributed by atoms with Crippen molar-refractivity contribution in [2.24, 2.45) is 0 Å². The molecule has 0 aromatic heterocycles. The molecule has 0 aliphatic heterocycles. The fourth-order valence-electron chi connectivity index (χ4n) is 7.37. The Hall–Kier alpha value is -3.21. The Bertz CT molecular complexity index is 1280. The highest BCUT2D eigenvalue weighted by atomic mass is 16.3. The highest BCUT2D eigenvalue weighted by molar-refractivity contribution is 5.76. The van der Waals surface area contributed by atoms with Crippen LogP contribution in [-0.4, -0.2) is 34.9 Å². The van der Waals surface area contributed by atoms with Crippen molar-refractivity contribution in [3.05, 3.63) is 122 Å². The molecular weight excluding hydrogens is 783 g/mol. The van der Waals surface area contributed by atoms with Crippen LogP contribution in [0.4, 0.5) is 0 Å². The van der Waals surface area contributed by atoms with Crippen molar-refractivity contribution >= 4 is 5.91 Å². The lowest BCUT2D eigenvalue weighted by atomic mass is 10.0. The van der Waals surface area contributed by atoms with Crippen LogP contribution in [-0.2, 0) is 4.79 Å². The maximum Gasteiger partial charge on any atom is 0.220 e. The first-order chi connectivity index (χ1) is 31.7. The summed E-state index contributed by atoms with van der Waals surface area (Å²) in [5.74, 6) is -0.0828. The minimum Gasteiger partial charge on any atom is -0.394 e. The largest absolute Gasteiger partial charge is 0.394 e. The van der Waals surface area contributed by atoms with Crippen LogP contribution in [0.5, 0.6) is 0 Å². The minimum absolute atomic E-state index is 0.0828. The van der Waals surface area contributed by atoms with Gasteiger partial charge in [-0.1, -0.05) is 245 Å². The number of amides is 1. The second kappa shape index (κ2) is 54.1. The number of nitrogens with one attached hydrogen (secondary N) is 1. The molecule has 0 saturated heterocycles. The summed E-state index contributed by atoms with van der Waals surface area (Å²) in [5, 5.41) is 23.0. The smallest absolute Gasteiger partial charge is 0.220 e. The van der Waals surface area contributed by atoms with Crippen molar-refractivity contribution in [1.29, 1.82) is 0 Å². The second-order valence-corrected chi connectivity index (χ2v) is 17.5. The quantitative estimate of drug-likeness (QED) is 0.0421. The molecule has 3 N–H and O–H groups in total. The Morgan fingerprint density at radius 1 is 0.391 bits per heavy atom. The molecule has 0 heterocycles. The fourth-order valence-corrected chi connectivity index (χ4v) is 7.37. The van der Waals surface area contributed by atoms with Crippen LogP contribution in [0, 0.1) is 0 Å². The van der Waals surface area contributed by atoms with Gasteiger partial charge in [0.25, 0.3) is 0 Å². The number of unbranched alkanes of at least 4 members (excludes halogenated alkanes) is 22. The third-order valence-electron chi connectivity index (χ3n) is 11.4. The molecule has 0 saturated carbocycles. The molecule has 0 aromatic rings. The van der Waals surface area contributed by atoms with Crippen LogP contribution in [0.15, 0.2) is 122 Å². The lowest BCUT2D eigenvalue weighted by Crippen LogP contribution is -2.45. The van der Waals surface area contributed by atoms with Gasteiger partial charge in [0.2, 0.25) is 5.91 Å². The normalized spacial score (nSPS) is 13.9. The predicted molar refractivity (Wildman–Crippen MR) is 285 cm³/mol. The van der Waals surface area contributed by atoms with Crippen LogP contribution >= 0.6 is 0 Å². The van der Waals surface area contributed by atoms with Crippen LogP contribution in [0.2, 0.25) is 0 Å². The van der Waals surface area contributed by atoms with Gasteiger partial charge < -0.3 is 15.5 Å². The highest BCUT2D eigenvalue weighted by Gasteiger charge is 2.17. The molecule has 4 heteroatoms. The number of hydrogen-bond acceptors (Lipinski definition) is 3. The minimum atomic E-state index is -0.876. The van der Waals surface area contributed by atoms with Gasteiger partial charge >= 0.3 is 0 Å². The van der Waals surface area contributed by atoms with E-state index in [1.54, 1.807) is 6.08 Å². The molecule has 4 nitrogen and oxygen atoms in total. The Labute approximate surface area is 397 Å². The van der Waals surface area contributed by atoms with E-state index < -0.39 is 12.1 Å². The van der Waals surface area contributed by atoms with Crippen molar-refractivity contribution in [3.8, 4) is 0 Å². The standard InChI is InChI=1S/C60H101NO3/c1-3-5-7-9-11-13-15-17-19-20-21-22-23-24-25-26-27-28-29-30-31-32-33-34-35-36-37-38-39-40-42-44-46-48-50-52-54-56-60(64)61-58(57-62)59(63)55-53-51-49-47-45-43-41-18-16-14-12-10-8-6-4-2/h5,7,11,13,16-19,21-22,24-25,27-28,30-31,45,47,53,55,58-59,62-63H,3-4,6,8-10,12,14-15,20,23,26,29,32-44,46,48-52,54,56-57H2,1-2H3,(H,61,64)/b7-5-,13-11-,18-16+,19-17-,22-21-,25-24-,28-27-,31-30-,47-45+,55-53+. The molecule has 0 rings (SSSR count). The van der Waals surface area contributed by atoms with E-state index in [0.717, 1.165) is 83.5 Å². The van der Waals surface area contributed by atoms with Gasteiger partial charge in [-0.3, -0.25) is 4.79 Å². The van der Waals surface area contributed by atoms with Crippen LogP contribution in [0.25, 0.3) is 0 Å². The zero-order valence-corrected chi connectivity index (χ0v) is 41.8. The van der Waals surface area contributed by atoms with Gasteiger partial charge in [-0.25, -0.2) is 0 Å². The summed E-state index contributed by atoms with van der Waals surface area (Å²) in [6.45, 7) is 4.15. The van der Waals surface area contributed by atoms with Gasteiger partial charge in [0.15, 0.2) is 0 Å². The zero-order chi connectivity index (χ0) is 46.3. The van der Waals surface area contributed by atoms with Gasteiger partial charge in [0.1, 0.15) is 0 Å². The van der Waals surface area contributed by atoms with Crippen molar-refractivity contribution in [2.45, 2.75) is 244 Å². The van der Waals surface area contributed by atoms with Crippen LogP contribution in [0.3, 0.4) is 0 Å². The number of hydrogen-bond donors (Lipinski definition) is 3. The predicted octanol–water partition coefficient (Wildman–Crippen LogP) is 17.7. The van der Waals surface area contributed by atoms with E-state index in [0.29, 0.717) is 6.42 Å². The Morgan fingerprint density at radius 3 is 1.09 bits per heavy atom. The SMILES string of the molecule is CC/C=C\C/C=C\C/C=C\C/C=C\C/C=C\C/C=C\C/C=C\CCCCCCCCCCCCCCCCCC(=O)NC(CO)C(O)/C=C/CC/C=C/CC/C=C/CCCCCCC. The van der Waals surface area contributed by atoms with E-state index in [-0.39, 0.29) is 12.5 Å². The topological polar surface area (TPSA) is 69.6 Å². The fraction of sp³-hybridized carbons (Fsp3) is 0.650. The van der Waals surface area contributed by atoms with E-state index in [1.165, 1.54) is 128 Å². The summed E-state index contributed by atoms with van der Waals surface area (Å²) < 4.78 is 0. The number of carbonyl (C=O) groups excluding carboxylic acids is 1. The van der Waals surface area contributed by atoms with Gasteiger partial charge in [0.05, 0.1) is 18.8 Å². The summed E-state index contributed by atoms with van der Waals surface area (Å²) in [7, 11) is 0. The highest BCUT2D eigenvalue weighted by Crippen LogP contribution is 2.15. The molecule has 1 amide bonds. The molecular formula is C60H101NO3. The van der Waals surface area contributed by atoms with Crippen molar-refractivity contribution < 1.29 is 15.0 Å². The Balaban J connectivity index is 3.57. The van der Waals surface area contributed by atoms with E-state index in [1.807, 2.05) is 6.08 Å². The van der Waals surface area contributed by atoms with E-state index >= 15 is 0 Å². The average molecular weight is 884 g/mol. The van der Waals surface area contributed by atoms with Crippen LogP contribution < -0.4 is 5.32 Å². The molecule has 0 bridgehead atoms. The van der Waals surface area contributed by atoms with Gasteiger partial charge in [-0.05, 0) is 103 Å². The van der Waals surface area contributed by atoms with Crippen molar-refractivity contribution in [2.75, 3.05) is 6.61 Å². The van der Waals surface area contributed by atoms with Crippen molar-refractivity contribution in [3.63, 3.8) is 0 Å². The molecule has 0 aliphatic carbocycles. The van der Waals surface area contributed by atoms with Gasteiger partial charge in [-0.2, -0.15) is 0 Å². The second-order valence-electron chi connectivity index (χ2n) is 17.5. The summed E-state index contributed by atoms with van der Waals surface area (Å²) in [6, 6.07) is -0.652. The van der Waals surface area contributed by atoms with Gasteiger partial charge in [0, 0.05) is 6.42 Å². The Kier molecular flexibility index (Phi) is 51.4. The molecule has 2 atom stereocenters. The summed E-state index contributed by atoms with van der Waals surface area (Å²) in [4.78, 5) is 12.4.